The molecule has 49 heavy (non-hydrogen) atoms. The molecule has 3 nitrogen and oxygen atoms in total. The summed E-state index contributed by atoms with van der Waals surface area (Å²) in [5, 5.41) is 4.44. The average Bonchev–Trinajstić information content (AvgIpc) is 3.47. The van der Waals surface area contributed by atoms with Crippen LogP contribution in [0.4, 0.5) is 17.1 Å². The molecule has 0 atom stereocenters. The lowest BCUT2D eigenvalue weighted by Gasteiger charge is -2.29. The lowest BCUT2D eigenvalue weighted by Crippen LogP contribution is -2.11. The van der Waals surface area contributed by atoms with Gasteiger partial charge in [-0.15, -0.1) is 0 Å². The number of hydrogen-bond acceptors (Lipinski definition) is 3. The highest BCUT2D eigenvalue weighted by molar-refractivity contribution is 6.07. The molecule has 0 fully saturated rings. The number of anilines is 3. The predicted molar refractivity (Wildman–Crippen MR) is 202 cm³/mol. The molecule has 8 aromatic carbocycles. The highest BCUT2D eigenvalue weighted by Gasteiger charge is 2.25. The quantitative estimate of drug-likeness (QED) is 0.194. The maximum absolute atomic E-state index is 6.80. The monoisotopic (exact) mass is 627 g/mol. The van der Waals surface area contributed by atoms with Crippen LogP contribution in [0.3, 0.4) is 0 Å². The minimum Gasteiger partial charge on any atom is -0.456 e. The number of furan rings is 1. The van der Waals surface area contributed by atoms with Crippen LogP contribution < -0.4 is 9.64 Å². The Morgan fingerprint density at radius 1 is 0.388 bits per heavy atom. The van der Waals surface area contributed by atoms with Crippen LogP contribution in [0.25, 0.3) is 66.1 Å². The molecule has 0 bridgehead atoms. The molecule has 0 saturated carbocycles. The van der Waals surface area contributed by atoms with E-state index in [2.05, 4.69) is 163 Å². The molecular weight excluding hydrogens is 599 g/mol. The van der Waals surface area contributed by atoms with Gasteiger partial charge >= 0.3 is 0 Å². The Morgan fingerprint density at radius 3 is 1.98 bits per heavy atom. The molecular formula is C46H29NO2. The Morgan fingerprint density at radius 2 is 1.06 bits per heavy atom. The second-order valence-corrected chi connectivity index (χ2v) is 12.5. The number of para-hydroxylation sites is 3. The maximum atomic E-state index is 6.80. The van der Waals surface area contributed by atoms with Crippen molar-refractivity contribution in [1.29, 1.82) is 0 Å². The van der Waals surface area contributed by atoms with Crippen LogP contribution in [-0.4, -0.2) is 0 Å². The fourth-order valence-electron chi connectivity index (χ4n) is 7.39. The standard InChI is InChI=1S/C46H29NO2/c1-2-12-30(13-3-1)34-15-6-9-19-42(34)47(33-24-27-45-41(29-33)38-18-8-10-20-43(38)48-45)32-23-26-36-37-17-7-11-21-44(37)49-46-35-16-5-4-14-31(35)22-25-39(46)40(36)28-32/h1-29H. The highest BCUT2D eigenvalue weighted by atomic mass is 16.5. The average molecular weight is 628 g/mol. The molecule has 0 unspecified atom stereocenters. The van der Waals surface area contributed by atoms with Gasteiger partial charge in [-0.25, -0.2) is 0 Å². The van der Waals surface area contributed by atoms with E-state index >= 15 is 0 Å². The Bertz CT molecular complexity index is 2710. The fourth-order valence-corrected chi connectivity index (χ4v) is 7.39. The number of rotatable bonds is 4. The molecule has 0 N–H and O–H groups in total. The van der Waals surface area contributed by atoms with Gasteiger partial charge in [0.1, 0.15) is 22.7 Å². The topological polar surface area (TPSA) is 25.6 Å². The molecule has 0 aliphatic carbocycles. The van der Waals surface area contributed by atoms with E-state index < -0.39 is 0 Å². The van der Waals surface area contributed by atoms with E-state index in [0.29, 0.717) is 0 Å². The fraction of sp³-hybridized carbons (Fsp3) is 0. The van der Waals surface area contributed by atoms with Crippen molar-refractivity contribution >= 4 is 49.8 Å². The van der Waals surface area contributed by atoms with E-state index in [-0.39, 0.29) is 0 Å². The number of benzene rings is 8. The van der Waals surface area contributed by atoms with Gasteiger partial charge in [0, 0.05) is 44.2 Å². The van der Waals surface area contributed by atoms with Crippen LogP contribution in [0.1, 0.15) is 0 Å². The van der Waals surface area contributed by atoms with E-state index in [0.717, 1.165) is 94.7 Å². The summed E-state index contributed by atoms with van der Waals surface area (Å²) in [6.45, 7) is 0. The van der Waals surface area contributed by atoms with Gasteiger partial charge in [-0.3, -0.25) is 0 Å². The Balaban J connectivity index is 1.26. The van der Waals surface area contributed by atoms with E-state index in [9.17, 15) is 0 Å². The van der Waals surface area contributed by atoms with Crippen LogP contribution in [0.2, 0.25) is 0 Å². The van der Waals surface area contributed by atoms with Crippen molar-refractivity contribution in [1.82, 2.24) is 0 Å². The van der Waals surface area contributed by atoms with Gasteiger partial charge in [0.25, 0.3) is 0 Å². The normalized spacial score (nSPS) is 11.8. The first kappa shape index (κ1) is 27.5. The van der Waals surface area contributed by atoms with Crippen molar-refractivity contribution < 1.29 is 9.15 Å². The first-order chi connectivity index (χ1) is 24.3. The molecule has 1 aromatic heterocycles. The van der Waals surface area contributed by atoms with Crippen molar-refractivity contribution in [2.45, 2.75) is 0 Å². The molecule has 1 aliphatic heterocycles. The van der Waals surface area contributed by atoms with E-state index in [1.165, 1.54) is 0 Å². The summed E-state index contributed by atoms with van der Waals surface area (Å²) in [5.41, 5.74) is 11.7. The number of ether oxygens (including phenoxy) is 1. The molecule has 0 radical (unpaired) electrons. The summed E-state index contributed by atoms with van der Waals surface area (Å²) in [4.78, 5) is 2.38. The summed E-state index contributed by atoms with van der Waals surface area (Å²) in [6.07, 6.45) is 0. The minimum absolute atomic E-state index is 0.857. The Labute approximate surface area is 283 Å². The van der Waals surface area contributed by atoms with Crippen molar-refractivity contribution in [3.8, 4) is 44.9 Å². The van der Waals surface area contributed by atoms with Crippen LogP contribution >= 0.6 is 0 Å². The second-order valence-electron chi connectivity index (χ2n) is 12.5. The lowest BCUT2D eigenvalue weighted by atomic mass is 9.92. The second kappa shape index (κ2) is 11.0. The van der Waals surface area contributed by atoms with Gasteiger partial charge in [0.15, 0.2) is 0 Å². The maximum Gasteiger partial charge on any atom is 0.143 e. The minimum atomic E-state index is 0.857. The molecule has 1 aliphatic rings. The first-order valence-corrected chi connectivity index (χ1v) is 16.6. The molecule has 230 valence electrons. The van der Waals surface area contributed by atoms with Crippen molar-refractivity contribution in [3.63, 3.8) is 0 Å². The number of hydrogen-bond donors (Lipinski definition) is 0. The first-order valence-electron chi connectivity index (χ1n) is 16.6. The van der Waals surface area contributed by atoms with Crippen molar-refractivity contribution in [2.75, 3.05) is 4.90 Å². The number of fused-ring (bicyclic) bond motifs is 10. The third kappa shape index (κ3) is 4.44. The van der Waals surface area contributed by atoms with Gasteiger partial charge in [-0.2, -0.15) is 0 Å². The van der Waals surface area contributed by atoms with Crippen LogP contribution in [0, 0.1) is 0 Å². The van der Waals surface area contributed by atoms with Gasteiger partial charge < -0.3 is 14.1 Å². The molecule has 2 heterocycles. The van der Waals surface area contributed by atoms with Crippen LogP contribution in [0.15, 0.2) is 180 Å². The zero-order valence-corrected chi connectivity index (χ0v) is 26.5. The summed E-state index contributed by atoms with van der Waals surface area (Å²) >= 11 is 0. The molecule has 10 rings (SSSR count). The van der Waals surface area contributed by atoms with Gasteiger partial charge in [0.05, 0.1) is 5.69 Å². The highest BCUT2D eigenvalue weighted by Crippen LogP contribution is 2.51. The van der Waals surface area contributed by atoms with Gasteiger partial charge in [-0.05, 0) is 76.7 Å². The molecule has 0 spiro atoms. The zero-order chi connectivity index (χ0) is 32.3. The van der Waals surface area contributed by atoms with E-state index in [1.54, 1.807) is 0 Å². The molecule has 0 saturated heterocycles. The zero-order valence-electron chi connectivity index (χ0n) is 26.5. The molecule has 0 amide bonds. The van der Waals surface area contributed by atoms with Gasteiger partial charge in [0.2, 0.25) is 0 Å². The van der Waals surface area contributed by atoms with Crippen molar-refractivity contribution in [3.05, 3.63) is 176 Å². The predicted octanol–water partition coefficient (Wildman–Crippen LogP) is 13.3. The SMILES string of the molecule is c1ccc(-c2ccccc2N(c2ccc3c(c2)-c2ccc4ccccc4c2Oc2ccccc2-3)c2ccc3oc4ccccc4c3c2)cc1. The van der Waals surface area contributed by atoms with Crippen LogP contribution in [0.5, 0.6) is 11.5 Å². The summed E-state index contributed by atoms with van der Waals surface area (Å²) < 4.78 is 13.1. The third-order valence-corrected chi connectivity index (χ3v) is 9.67. The lowest BCUT2D eigenvalue weighted by molar-refractivity contribution is 0.493. The van der Waals surface area contributed by atoms with Gasteiger partial charge in [-0.1, -0.05) is 121 Å². The largest absolute Gasteiger partial charge is 0.456 e. The summed E-state index contributed by atoms with van der Waals surface area (Å²) in [5.74, 6) is 1.74. The number of nitrogens with zero attached hydrogens (tertiary/aromatic N) is 1. The van der Waals surface area contributed by atoms with E-state index in [1.807, 2.05) is 18.2 Å². The third-order valence-electron chi connectivity index (χ3n) is 9.67. The van der Waals surface area contributed by atoms with E-state index in [4.69, 9.17) is 9.15 Å². The Hall–Kier alpha value is -6.58. The molecule has 9 aromatic rings. The molecule has 3 heteroatoms. The summed E-state index contributed by atoms with van der Waals surface area (Å²) in [7, 11) is 0. The summed E-state index contributed by atoms with van der Waals surface area (Å²) in [6, 6.07) is 62.1. The van der Waals surface area contributed by atoms with Crippen LogP contribution in [-0.2, 0) is 0 Å². The van der Waals surface area contributed by atoms with Crippen molar-refractivity contribution in [2.24, 2.45) is 0 Å². The smallest absolute Gasteiger partial charge is 0.143 e. The Kier molecular flexibility index (Phi) is 6.18.